The fourth-order valence-corrected chi connectivity index (χ4v) is 1.36. The van der Waals surface area contributed by atoms with Crippen LogP contribution < -0.4 is 5.73 Å². The van der Waals surface area contributed by atoms with Crippen LogP contribution in [0.3, 0.4) is 0 Å². The molecule has 0 heterocycles. The van der Waals surface area contributed by atoms with Gasteiger partial charge in [0.2, 0.25) is 0 Å². The SMILES string of the molecule is CCOC(=O)C1(CN)CC(=O)C1. The first kappa shape index (κ1) is 9.19. The Morgan fingerprint density at radius 1 is 1.67 bits per heavy atom. The van der Waals surface area contributed by atoms with Gasteiger partial charge in [0.25, 0.3) is 0 Å². The number of carbonyl (C=O) groups is 2. The summed E-state index contributed by atoms with van der Waals surface area (Å²) in [5.41, 5.74) is 4.72. The monoisotopic (exact) mass is 171 g/mol. The molecule has 0 amide bonds. The Bertz CT molecular complexity index is 204. The van der Waals surface area contributed by atoms with Crippen molar-refractivity contribution in [2.45, 2.75) is 19.8 Å². The molecule has 1 rings (SSSR count). The lowest BCUT2D eigenvalue weighted by Gasteiger charge is -2.36. The van der Waals surface area contributed by atoms with E-state index in [1.807, 2.05) is 0 Å². The van der Waals surface area contributed by atoms with Crippen LogP contribution >= 0.6 is 0 Å². The van der Waals surface area contributed by atoms with Gasteiger partial charge in [-0.05, 0) is 6.92 Å². The minimum absolute atomic E-state index is 0.0912. The van der Waals surface area contributed by atoms with Crippen molar-refractivity contribution in [2.24, 2.45) is 11.1 Å². The maximum atomic E-state index is 11.3. The number of ketones is 1. The Morgan fingerprint density at radius 2 is 2.25 bits per heavy atom. The minimum Gasteiger partial charge on any atom is -0.466 e. The quantitative estimate of drug-likeness (QED) is 0.600. The predicted octanol–water partition coefficient (Wildman–Crippen LogP) is -0.142. The summed E-state index contributed by atoms with van der Waals surface area (Å²) in [7, 11) is 0. The average Bonchev–Trinajstić information content (AvgIpc) is 1.98. The lowest BCUT2D eigenvalue weighted by atomic mass is 9.68. The molecule has 4 nitrogen and oxygen atoms in total. The van der Waals surface area contributed by atoms with E-state index < -0.39 is 5.41 Å². The molecule has 0 atom stereocenters. The van der Waals surface area contributed by atoms with E-state index >= 15 is 0 Å². The molecule has 0 aromatic heterocycles. The van der Waals surface area contributed by atoms with Crippen LogP contribution in [0.2, 0.25) is 0 Å². The van der Waals surface area contributed by atoms with Gasteiger partial charge in [-0.1, -0.05) is 0 Å². The van der Waals surface area contributed by atoms with Crippen LogP contribution in [-0.2, 0) is 14.3 Å². The second-order valence-corrected chi connectivity index (χ2v) is 3.10. The Labute approximate surface area is 71.1 Å². The molecule has 0 unspecified atom stereocenters. The molecule has 4 heteroatoms. The van der Waals surface area contributed by atoms with E-state index in [2.05, 4.69) is 0 Å². The standard InChI is InChI=1S/C8H13NO3/c1-2-12-7(11)8(5-9)3-6(10)4-8/h2-5,9H2,1H3. The summed E-state index contributed by atoms with van der Waals surface area (Å²) >= 11 is 0. The molecular formula is C8H13NO3. The number of hydrogen-bond acceptors (Lipinski definition) is 4. The molecule has 1 aliphatic rings. The number of ether oxygens (including phenoxy) is 1. The third-order valence-corrected chi connectivity index (χ3v) is 2.17. The maximum absolute atomic E-state index is 11.3. The van der Waals surface area contributed by atoms with Gasteiger partial charge in [-0.15, -0.1) is 0 Å². The number of nitrogens with two attached hydrogens (primary N) is 1. The average molecular weight is 171 g/mol. The van der Waals surface area contributed by atoms with E-state index in [1.54, 1.807) is 6.92 Å². The van der Waals surface area contributed by atoms with E-state index in [0.29, 0.717) is 6.61 Å². The van der Waals surface area contributed by atoms with Crippen molar-refractivity contribution in [3.8, 4) is 0 Å². The number of hydrogen-bond donors (Lipinski definition) is 1. The van der Waals surface area contributed by atoms with Crippen LogP contribution in [0, 0.1) is 5.41 Å². The molecular weight excluding hydrogens is 158 g/mol. The van der Waals surface area contributed by atoms with E-state index in [9.17, 15) is 9.59 Å². The van der Waals surface area contributed by atoms with Crippen molar-refractivity contribution >= 4 is 11.8 Å². The highest BCUT2D eigenvalue weighted by molar-refractivity contribution is 5.97. The Kier molecular flexibility index (Phi) is 2.47. The van der Waals surface area contributed by atoms with Gasteiger partial charge in [-0.25, -0.2) is 0 Å². The Morgan fingerprint density at radius 3 is 2.58 bits per heavy atom. The first-order valence-electron chi connectivity index (χ1n) is 4.03. The number of rotatable bonds is 3. The van der Waals surface area contributed by atoms with E-state index in [4.69, 9.17) is 10.5 Å². The van der Waals surface area contributed by atoms with Gasteiger partial charge in [-0.2, -0.15) is 0 Å². The smallest absolute Gasteiger partial charge is 0.314 e. The molecule has 0 spiro atoms. The second-order valence-electron chi connectivity index (χ2n) is 3.10. The topological polar surface area (TPSA) is 69.4 Å². The molecule has 68 valence electrons. The molecule has 12 heavy (non-hydrogen) atoms. The van der Waals surface area contributed by atoms with Crippen LogP contribution in [0.25, 0.3) is 0 Å². The molecule has 0 radical (unpaired) electrons. The van der Waals surface area contributed by atoms with Gasteiger partial charge in [0.15, 0.2) is 0 Å². The van der Waals surface area contributed by atoms with Crippen LogP contribution in [0.1, 0.15) is 19.8 Å². The number of Topliss-reactive ketones (excluding diaryl/α,β-unsaturated/α-hetero) is 1. The number of carbonyl (C=O) groups excluding carboxylic acids is 2. The van der Waals surface area contributed by atoms with E-state index in [0.717, 1.165) is 0 Å². The summed E-state index contributed by atoms with van der Waals surface area (Å²) in [5, 5.41) is 0. The molecule has 1 saturated carbocycles. The zero-order chi connectivity index (χ0) is 9.19. The molecule has 0 aromatic rings. The molecule has 0 saturated heterocycles. The predicted molar refractivity (Wildman–Crippen MR) is 42.4 cm³/mol. The van der Waals surface area contributed by atoms with Crippen LogP contribution in [0.5, 0.6) is 0 Å². The summed E-state index contributed by atoms with van der Waals surface area (Å²) in [5.74, 6) is -0.236. The van der Waals surface area contributed by atoms with Crippen molar-refractivity contribution in [3.05, 3.63) is 0 Å². The van der Waals surface area contributed by atoms with Crippen LogP contribution in [0.15, 0.2) is 0 Å². The zero-order valence-electron chi connectivity index (χ0n) is 7.13. The van der Waals surface area contributed by atoms with Crippen molar-refractivity contribution in [2.75, 3.05) is 13.2 Å². The molecule has 0 bridgehead atoms. The maximum Gasteiger partial charge on any atom is 0.314 e. The van der Waals surface area contributed by atoms with Crippen molar-refractivity contribution < 1.29 is 14.3 Å². The summed E-state index contributed by atoms with van der Waals surface area (Å²) in [6.45, 7) is 2.29. The summed E-state index contributed by atoms with van der Waals surface area (Å²) in [6.07, 6.45) is 0.505. The third-order valence-electron chi connectivity index (χ3n) is 2.17. The van der Waals surface area contributed by atoms with Crippen LogP contribution in [-0.4, -0.2) is 24.9 Å². The minimum atomic E-state index is -0.687. The van der Waals surface area contributed by atoms with E-state index in [1.165, 1.54) is 0 Å². The number of esters is 1. The zero-order valence-corrected chi connectivity index (χ0v) is 7.13. The van der Waals surface area contributed by atoms with Crippen molar-refractivity contribution in [3.63, 3.8) is 0 Å². The lowest BCUT2D eigenvalue weighted by Crippen LogP contribution is -2.50. The third kappa shape index (κ3) is 1.34. The second kappa shape index (κ2) is 3.23. The van der Waals surface area contributed by atoms with Gasteiger partial charge >= 0.3 is 5.97 Å². The first-order chi connectivity index (χ1) is 5.64. The normalized spacial score (nSPS) is 20.0. The molecule has 0 aliphatic heterocycles. The van der Waals surface area contributed by atoms with Gasteiger partial charge in [0.1, 0.15) is 5.78 Å². The highest BCUT2D eigenvalue weighted by atomic mass is 16.5. The highest BCUT2D eigenvalue weighted by Crippen LogP contribution is 2.38. The van der Waals surface area contributed by atoms with Crippen molar-refractivity contribution in [1.29, 1.82) is 0 Å². The Hall–Kier alpha value is -0.900. The van der Waals surface area contributed by atoms with Crippen molar-refractivity contribution in [1.82, 2.24) is 0 Å². The highest BCUT2D eigenvalue weighted by Gasteiger charge is 2.49. The fourth-order valence-electron chi connectivity index (χ4n) is 1.36. The van der Waals surface area contributed by atoms with Gasteiger partial charge in [0.05, 0.1) is 12.0 Å². The van der Waals surface area contributed by atoms with Gasteiger partial charge in [0, 0.05) is 19.4 Å². The molecule has 2 N–H and O–H groups in total. The van der Waals surface area contributed by atoms with Gasteiger partial charge < -0.3 is 10.5 Å². The van der Waals surface area contributed by atoms with E-state index in [-0.39, 0.29) is 31.1 Å². The summed E-state index contributed by atoms with van der Waals surface area (Å²) < 4.78 is 4.82. The Balaban J connectivity index is 2.57. The summed E-state index contributed by atoms with van der Waals surface area (Å²) in [6, 6.07) is 0. The molecule has 1 aliphatic carbocycles. The molecule has 0 aromatic carbocycles. The summed E-state index contributed by atoms with van der Waals surface area (Å²) in [4.78, 5) is 22.0. The lowest BCUT2D eigenvalue weighted by molar-refractivity contribution is -0.164. The first-order valence-corrected chi connectivity index (χ1v) is 4.03. The largest absolute Gasteiger partial charge is 0.466 e. The fraction of sp³-hybridized carbons (Fsp3) is 0.750. The van der Waals surface area contributed by atoms with Crippen LogP contribution in [0.4, 0.5) is 0 Å². The molecule has 1 fully saturated rings. The van der Waals surface area contributed by atoms with Gasteiger partial charge in [-0.3, -0.25) is 9.59 Å².